The van der Waals surface area contributed by atoms with E-state index in [2.05, 4.69) is 21.0 Å². The van der Waals surface area contributed by atoms with Crippen LogP contribution in [0.15, 0.2) is 39.9 Å². The minimum absolute atomic E-state index is 0.0999. The van der Waals surface area contributed by atoms with Gasteiger partial charge in [0.1, 0.15) is 6.33 Å². The molecule has 5 nitrogen and oxygen atoms in total. The summed E-state index contributed by atoms with van der Waals surface area (Å²) in [5.41, 5.74) is 0.494. The van der Waals surface area contributed by atoms with E-state index in [0.717, 1.165) is 10.2 Å². The van der Waals surface area contributed by atoms with E-state index in [4.69, 9.17) is 5.11 Å². The molecule has 0 bridgehead atoms. The Hall–Kier alpha value is -1.40. The molecule has 1 aromatic carbocycles. The Morgan fingerprint density at radius 2 is 2.00 bits per heavy atom. The first-order chi connectivity index (χ1) is 7.72. The van der Waals surface area contributed by atoms with Gasteiger partial charge in [0.15, 0.2) is 0 Å². The van der Waals surface area contributed by atoms with Crippen LogP contribution in [0.25, 0.3) is 5.69 Å². The molecular weight excluding hydrogens is 274 g/mol. The smallest absolute Gasteiger partial charge is 0.350 e. The van der Waals surface area contributed by atoms with Crippen LogP contribution in [0.2, 0.25) is 0 Å². The van der Waals surface area contributed by atoms with Gasteiger partial charge in [0.05, 0.1) is 18.8 Å². The standard InChI is InChI=1S/C10H10BrN3O2/c11-8-1-3-9(4-2-8)13-7-12-14(5-6-15)10(13)16/h1-4,7,15H,5-6H2. The summed E-state index contributed by atoms with van der Waals surface area (Å²) in [4.78, 5) is 11.8. The van der Waals surface area contributed by atoms with Crippen LogP contribution in [-0.2, 0) is 6.54 Å². The monoisotopic (exact) mass is 283 g/mol. The van der Waals surface area contributed by atoms with Gasteiger partial charge in [0.25, 0.3) is 0 Å². The van der Waals surface area contributed by atoms with Gasteiger partial charge >= 0.3 is 5.69 Å². The molecule has 0 saturated carbocycles. The van der Waals surface area contributed by atoms with E-state index in [-0.39, 0.29) is 18.8 Å². The van der Waals surface area contributed by atoms with Crippen LogP contribution in [-0.4, -0.2) is 26.1 Å². The molecule has 0 atom stereocenters. The van der Waals surface area contributed by atoms with E-state index < -0.39 is 0 Å². The first-order valence-corrected chi connectivity index (χ1v) is 5.53. The summed E-state index contributed by atoms with van der Waals surface area (Å²) in [5.74, 6) is 0. The van der Waals surface area contributed by atoms with Crippen molar-refractivity contribution in [2.75, 3.05) is 6.61 Å². The molecule has 0 aliphatic heterocycles. The quantitative estimate of drug-likeness (QED) is 0.906. The van der Waals surface area contributed by atoms with Crippen LogP contribution in [0.4, 0.5) is 0 Å². The van der Waals surface area contributed by atoms with Crippen molar-refractivity contribution in [2.24, 2.45) is 0 Å². The zero-order valence-corrected chi connectivity index (χ0v) is 9.96. The number of aliphatic hydroxyl groups is 1. The number of benzene rings is 1. The maximum absolute atomic E-state index is 11.8. The predicted molar refractivity (Wildman–Crippen MR) is 62.6 cm³/mol. The average molecular weight is 284 g/mol. The molecule has 0 spiro atoms. The summed E-state index contributed by atoms with van der Waals surface area (Å²) < 4.78 is 3.61. The molecular formula is C10H10BrN3O2. The van der Waals surface area contributed by atoms with E-state index in [9.17, 15) is 4.79 Å². The molecule has 6 heteroatoms. The van der Waals surface area contributed by atoms with Gasteiger partial charge in [0.2, 0.25) is 0 Å². The van der Waals surface area contributed by atoms with Crippen LogP contribution in [0.1, 0.15) is 0 Å². The highest BCUT2D eigenvalue weighted by molar-refractivity contribution is 9.10. The summed E-state index contributed by atoms with van der Waals surface area (Å²) in [6, 6.07) is 7.34. The van der Waals surface area contributed by atoms with Crippen molar-refractivity contribution in [2.45, 2.75) is 6.54 Å². The molecule has 0 amide bonds. The van der Waals surface area contributed by atoms with Gasteiger partial charge < -0.3 is 5.11 Å². The lowest BCUT2D eigenvalue weighted by Crippen LogP contribution is -2.25. The zero-order valence-electron chi connectivity index (χ0n) is 8.38. The largest absolute Gasteiger partial charge is 0.394 e. The molecule has 2 aromatic rings. The van der Waals surface area contributed by atoms with Crippen molar-refractivity contribution in [3.63, 3.8) is 0 Å². The number of nitrogens with zero attached hydrogens (tertiary/aromatic N) is 3. The van der Waals surface area contributed by atoms with Crippen LogP contribution in [0.3, 0.4) is 0 Å². The number of hydrogen-bond donors (Lipinski definition) is 1. The lowest BCUT2D eigenvalue weighted by Gasteiger charge is -1.99. The topological polar surface area (TPSA) is 60.0 Å². The van der Waals surface area contributed by atoms with Crippen LogP contribution >= 0.6 is 15.9 Å². The van der Waals surface area contributed by atoms with Gasteiger partial charge in [-0.15, -0.1) is 0 Å². The SMILES string of the molecule is O=c1n(-c2ccc(Br)cc2)cnn1CCO. The molecule has 0 fully saturated rings. The molecule has 0 aliphatic rings. The third-order valence-corrected chi connectivity index (χ3v) is 2.68. The maximum Gasteiger partial charge on any atom is 0.350 e. The van der Waals surface area contributed by atoms with Crippen LogP contribution in [0, 0.1) is 0 Å². The Balaban J connectivity index is 2.41. The highest BCUT2D eigenvalue weighted by Crippen LogP contribution is 2.12. The molecule has 16 heavy (non-hydrogen) atoms. The fraction of sp³-hybridized carbons (Fsp3) is 0.200. The van der Waals surface area contributed by atoms with Gasteiger partial charge in [-0.25, -0.2) is 14.0 Å². The molecule has 1 N–H and O–H groups in total. The fourth-order valence-electron chi connectivity index (χ4n) is 1.36. The normalized spacial score (nSPS) is 10.6. The number of aliphatic hydroxyl groups excluding tert-OH is 1. The lowest BCUT2D eigenvalue weighted by atomic mass is 10.3. The van der Waals surface area contributed by atoms with Crippen LogP contribution < -0.4 is 5.69 Å². The van der Waals surface area contributed by atoms with Gasteiger partial charge in [-0.3, -0.25) is 0 Å². The van der Waals surface area contributed by atoms with Gasteiger partial charge in [0, 0.05) is 4.47 Å². The fourth-order valence-corrected chi connectivity index (χ4v) is 1.63. The van der Waals surface area contributed by atoms with Crippen molar-refractivity contribution < 1.29 is 5.11 Å². The third-order valence-electron chi connectivity index (χ3n) is 2.15. The number of aromatic nitrogens is 3. The van der Waals surface area contributed by atoms with E-state index >= 15 is 0 Å². The average Bonchev–Trinajstić information content (AvgIpc) is 2.63. The Kier molecular flexibility index (Phi) is 3.21. The molecule has 0 unspecified atom stereocenters. The van der Waals surface area contributed by atoms with E-state index in [1.54, 1.807) is 0 Å². The van der Waals surface area contributed by atoms with E-state index in [0.29, 0.717) is 0 Å². The maximum atomic E-state index is 11.8. The molecule has 1 aromatic heterocycles. The number of hydrogen-bond acceptors (Lipinski definition) is 3. The summed E-state index contributed by atoms with van der Waals surface area (Å²) in [5, 5.41) is 12.6. The summed E-state index contributed by atoms with van der Waals surface area (Å²) in [6.45, 7) is 0.111. The second kappa shape index (κ2) is 4.63. The van der Waals surface area contributed by atoms with E-state index in [1.165, 1.54) is 15.6 Å². The predicted octanol–water partition coefficient (Wildman–Crippen LogP) is 0.789. The summed E-state index contributed by atoms with van der Waals surface area (Å²) in [6.07, 6.45) is 1.45. The molecule has 0 radical (unpaired) electrons. The minimum Gasteiger partial charge on any atom is -0.394 e. The lowest BCUT2D eigenvalue weighted by molar-refractivity contribution is 0.267. The summed E-state index contributed by atoms with van der Waals surface area (Å²) in [7, 11) is 0. The van der Waals surface area contributed by atoms with Crippen molar-refractivity contribution in [3.05, 3.63) is 45.5 Å². The van der Waals surface area contributed by atoms with Crippen molar-refractivity contribution in [1.82, 2.24) is 14.3 Å². The van der Waals surface area contributed by atoms with Crippen molar-refractivity contribution in [3.8, 4) is 5.69 Å². The zero-order chi connectivity index (χ0) is 11.5. The third kappa shape index (κ3) is 2.07. The summed E-state index contributed by atoms with van der Waals surface area (Å²) >= 11 is 3.33. The first kappa shape index (κ1) is 11.1. The van der Waals surface area contributed by atoms with Gasteiger partial charge in [-0.1, -0.05) is 15.9 Å². The Morgan fingerprint density at radius 1 is 1.31 bits per heavy atom. The first-order valence-electron chi connectivity index (χ1n) is 4.73. The molecule has 84 valence electrons. The minimum atomic E-state index is -0.253. The van der Waals surface area contributed by atoms with Gasteiger partial charge in [-0.2, -0.15) is 5.10 Å². The van der Waals surface area contributed by atoms with Gasteiger partial charge in [-0.05, 0) is 24.3 Å². The van der Waals surface area contributed by atoms with Crippen LogP contribution in [0.5, 0.6) is 0 Å². The highest BCUT2D eigenvalue weighted by Gasteiger charge is 2.05. The second-order valence-electron chi connectivity index (χ2n) is 3.21. The van der Waals surface area contributed by atoms with Crippen molar-refractivity contribution >= 4 is 15.9 Å². The molecule has 0 aliphatic carbocycles. The Morgan fingerprint density at radius 3 is 2.62 bits per heavy atom. The van der Waals surface area contributed by atoms with E-state index in [1.807, 2.05) is 24.3 Å². The highest BCUT2D eigenvalue weighted by atomic mass is 79.9. The Bertz CT molecular complexity index is 530. The molecule has 1 heterocycles. The number of rotatable bonds is 3. The molecule has 0 saturated heterocycles. The number of halogens is 1. The van der Waals surface area contributed by atoms with Crippen molar-refractivity contribution in [1.29, 1.82) is 0 Å². The molecule has 2 rings (SSSR count). The Labute approximate surface area is 100 Å². The second-order valence-corrected chi connectivity index (χ2v) is 4.12.